The Hall–Kier alpha value is -0.530. The molecule has 0 aromatic carbocycles. The molecule has 0 aromatic heterocycles. The Kier molecular flexibility index (Phi) is 2.45. The summed E-state index contributed by atoms with van der Waals surface area (Å²) in [5.74, 6) is 0.791. The van der Waals surface area contributed by atoms with Crippen LogP contribution in [0, 0.1) is 11.3 Å². The molecule has 1 fully saturated rings. The number of carbonyl (C=O) groups excluding carboxylic acids is 1. The molecular weight excluding hydrogens is 150 g/mol. The van der Waals surface area contributed by atoms with Gasteiger partial charge in [0.15, 0.2) is 0 Å². The topological polar surface area (TPSA) is 29.1 Å². The van der Waals surface area contributed by atoms with Crippen molar-refractivity contribution in [3.8, 4) is 0 Å². The highest BCUT2D eigenvalue weighted by Gasteiger charge is 2.43. The second-order valence-corrected chi connectivity index (χ2v) is 4.37. The van der Waals surface area contributed by atoms with Crippen LogP contribution in [0.4, 0.5) is 0 Å². The fourth-order valence-corrected chi connectivity index (χ4v) is 2.05. The minimum absolute atomic E-state index is 0.172. The highest BCUT2D eigenvalue weighted by Crippen LogP contribution is 2.39. The van der Waals surface area contributed by atoms with Gasteiger partial charge in [0.25, 0.3) is 0 Å². The Morgan fingerprint density at radius 2 is 2.25 bits per heavy atom. The summed E-state index contributed by atoms with van der Waals surface area (Å²) in [4.78, 5) is 11.2. The van der Waals surface area contributed by atoms with E-state index in [1.54, 1.807) is 0 Å². The van der Waals surface area contributed by atoms with Crippen LogP contribution in [0.5, 0.6) is 0 Å². The first-order valence-corrected chi connectivity index (χ1v) is 4.80. The monoisotopic (exact) mass is 169 g/mol. The number of hydrogen-bond donors (Lipinski definition) is 1. The molecule has 0 aliphatic carbocycles. The Morgan fingerprint density at radius 3 is 2.58 bits per heavy atom. The van der Waals surface area contributed by atoms with E-state index in [-0.39, 0.29) is 11.3 Å². The fraction of sp³-hybridized carbons (Fsp3) is 0.900. The molecule has 1 rings (SSSR count). The van der Waals surface area contributed by atoms with Gasteiger partial charge in [-0.25, -0.2) is 0 Å². The molecule has 1 heterocycles. The zero-order valence-corrected chi connectivity index (χ0v) is 8.48. The van der Waals surface area contributed by atoms with Gasteiger partial charge in [-0.05, 0) is 17.8 Å². The number of carbonyl (C=O) groups is 1. The number of nitrogens with one attached hydrogen (secondary N) is 1. The van der Waals surface area contributed by atoms with Crippen molar-refractivity contribution in [1.82, 2.24) is 5.32 Å². The van der Waals surface area contributed by atoms with Gasteiger partial charge in [0.2, 0.25) is 5.91 Å². The van der Waals surface area contributed by atoms with E-state index in [0.29, 0.717) is 18.4 Å². The molecule has 12 heavy (non-hydrogen) atoms. The van der Waals surface area contributed by atoms with Crippen molar-refractivity contribution in [3.63, 3.8) is 0 Å². The maximum absolute atomic E-state index is 11.2. The lowest BCUT2D eigenvalue weighted by Gasteiger charge is -2.33. The molecule has 1 N–H and O–H groups in total. The fourth-order valence-electron chi connectivity index (χ4n) is 2.05. The molecule has 1 amide bonds. The zero-order chi connectivity index (χ0) is 9.35. The number of amides is 1. The molecule has 0 bridgehead atoms. The summed E-state index contributed by atoms with van der Waals surface area (Å²) in [5, 5.41) is 3.04. The van der Waals surface area contributed by atoms with Crippen molar-refractivity contribution in [1.29, 1.82) is 0 Å². The first-order valence-electron chi connectivity index (χ1n) is 4.80. The average Bonchev–Trinajstić information content (AvgIpc) is 2.27. The smallest absolute Gasteiger partial charge is 0.220 e. The molecule has 2 nitrogen and oxygen atoms in total. The van der Waals surface area contributed by atoms with Gasteiger partial charge in [-0.15, -0.1) is 0 Å². The van der Waals surface area contributed by atoms with Gasteiger partial charge in [-0.2, -0.15) is 0 Å². The molecular formula is C10H19NO. The molecule has 1 aliphatic rings. The van der Waals surface area contributed by atoms with Crippen molar-refractivity contribution in [2.45, 2.75) is 46.6 Å². The number of rotatable bonds is 2. The van der Waals surface area contributed by atoms with E-state index >= 15 is 0 Å². The molecule has 2 atom stereocenters. The second-order valence-electron chi connectivity index (χ2n) is 4.37. The van der Waals surface area contributed by atoms with E-state index in [1.807, 2.05) is 0 Å². The normalized spacial score (nSPS) is 35.8. The maximum Gasteiger partial charge on any atom is 0.220 e. The minimum Gasteiger partial charge on any atom is -0.353 e. The van der Waals surface area contributed by atoms with Crippen LogP contribution in [0.25, 0.3) is 0 Å². The van der Waals surface area contributed by atoms with Gasteiger partial charge in [0.05, 0.1) is 0 Å². The highest BCUT2D eigenvalue weighted by molar-refractivity contribution is 5.79. The van der Waals surface area contributed by atoms with Crippen LogP contribution in [0.2, 0.25) is 0 Å². The third-order valence-corrected chi connectivity index (χ3v) is 3.40. The van der Waals surface area contributed by atoms with Crippen LogP contribution in [0.3, 0.4) is 0 Å². The summed E-state index contributed by atoms with van der Waals surface area (Å²) in [5.41, 5.74) is 0.172. The van der Waals surface area contributed by atoms with Crippen LogP contribution in [-0.2, 0) is 4.79 Å². The summed E-state index contributed by atoms with van der Waals surface area (Å²) in [6, 6.07) is 0.380. The van der Waals surface area contributed by atoms with Crippen LogP contribution in [0.1, 0.15) is 40.5 Å². The Morgan fingerprint density at radius 1 is 1.67 bits per heavy atom. The SMILES string of the molecule is CCC1NC(=O)CC1(C)C(C)C. The van der Waals surface area contributed by atoms with Gasteiger partial charge in [-0.1, -0.05) is 27.7 Å². The Labute approximate surface area is 74.7 Å². The standard InChI is InChI=1S/C10H19NO/c1-5-8-10(4,7(2)3)6-9(12)11-8/h7-8H,5-6H2,1-4H3,(H,11,12). The van der Waals surface area contributed by atoms with E-state index in [9.17, 15) is 4.79 Å². The van der Waals surface area contributed by atoms with Crippen LogP contribution in [0.15, 0.2) is 0 Å². The third-order valence-electron chi connectivity index (χ3n) is 3.40. The molecule has 0 radical (unpaired) electrons. The second kappa shape index (κ2) is 3.08. The predicted octanol–water partition coefficient (Wildman–Crippen LogP) is 1.95. The van der Waals surface area contributed by atoms with Gasteiger partial charge in [0.1, 0.15) is 0 Å². The minimum atomic E-state index is 0.172. The molecule has 2 unspecified atom stereocenters. The summed E-state index contributed by atoms with van der Waals surface area (Å²) >= 11 is 0. The molecule has 2 heteroatoms. The van der Waals surface area contributed by atoms with Gasteiger partial charge in [-0.3, -0.25) is 4.79 Å². The van der Waals surface area contributed by atoms with Crippen LogP contribution in [-0.4, -0.2) is 11.9 Å². The summed E-state index contributed by atoms with van der Waals surface area (Å²) < 4.78 is 0. The highest BCUT2D eigenvalue weighted by atomic mass is 16.2. The van der Waals surface area contributed by atoms with E-state index in [1.165, 1.54) is 0 Å². The Bertz CT molecular complexity index is 188. The molecule has 0 aromatic rings. The summed E-state index contributed by atoms with van der Waals surface area (Å²) in [7, 11) is 0. The average molecular weight is 169 g/mol. The predicted molar refractivity (Wildman–Crippen MR) is 49.8 cm³/mol. The van der Waals surface area contributed by atoms with Crippen molar-refractivity contribution in [2.75, 3.05) is 0 Å². The van der Waals surface area contributed by atoms with E-state index in [4.69, 9.17) is 0 Å². The zero-order valence-electron chi connectivity index (χ0n) is 8.48. The van der Waals surface area contributed by atoms with E-state index in [0.717, 1.165) is 6.42 Å². The first-order chi connectivity index (χ1) is 5.50. The lowest BCUT2D eigenvalue weighted by atomic mass is 9.72. The van der Waals surface area contributed by atoms with Gasteiger partial charge in [0, 0.05) is 12.5 Å². The van der Waals surface area contributed by atoms with Gasteiger partial charge < -0.3 is 5.32 Å². The largest absolute Gasteiger partial charge is 0.353 e. The third kappa shape index (κ3) is 1.35. The quantitative estimate of drug-likeness (QED) is 0.672. The van der Waals surface area contributed by atoms with Crippen molar-refractivity contribution in [3.05, 3.63) is 0 Å². The van der Waals surface area contributed by atoms with Crippen molar-refractivity contribution >= 4 is 5.91 Å². The molecule has 1 aliphatic heterocycles. The van der Waals surface area contributed by atoms with E-state index < -0.39 is 0 Å². The van der Waals surface area contributed by atoms with Crippen molar-refractivity contribution < 1.29 is 4.79 Å². The first kappa shape index (κ1) is 9.56. The van der Waals surface area contributed by atoms with Crippen LogP contribution < -0.4 is 5.32 Å². The summed E-state index contributed by atoms with van der Waals surface area (Å²) in [6.45, 7) is 8.74. The van der Waals surface area contributed by atoms with Gasteiger partial charge >= 0.3 is 0 Å². The van der Waals surface area contributed by atoms with Crippen LogP contribution >= 0.6 is 0 Å². The van der Waals surface area contributed by atoms with E-state index in [2.05, 4.69) is 33.0 Å². The Balaban J connectivity index is 2.81. The molecule has 1 saturated heterocycles. The molecule has 0 saturated carbocycles. The lowest BCUT2D eigenvalue weighted by Crippen LogP contribution is -2.37. The molecule has 70 valence electrons. The number of hydrogen-bond acceptors (Lipinski definition) is 1. The lowest BCUT2D eigenvalue weighted by molar-refractivity contribution is -0.119. The van der Waals surface area contributed by atoms with Crippen molar-refractivity contribution in [2.24, 2.45) is 11.3 Å². The molecule has 0 spiro atoms. The summed E-state index contributed by atoms with van der Waals surface area (Å²) in [6.07, 6.45) is 1.74. The maximum atomic E-state index is 11.2.